The maximum atomic E-state index is 12.9. The third-order valence-electron chi connectivity index (χ3n) is 3.47. The SMILES string of the molecule is CCCOc1c(Br)cc(C(=O)N(CC#N)c2ccccc2)cc1OC. The molecule has 5 nitrogen and oxygen atoms in total. The summed E-state index contributed by atoms with van der Waals surface area (Å²) in [6.45, 7) is 2.52. The molecule has 0 saturated heterocycles. The molecule has 0 unspecified atom stereocenters. The monoisotopic (exact) mass is 402 g/mol. The molecule has 2 aromatic rings. The molecule has 0 fully saturated rings. The van der Waals surface area contributed by atoms with Crippen molar-refractivity contribution in [1.29, 1.82) is 5.26 Å². The molecule has 2 rings (SSSR count). The lowest BCUT2D eigenvalue weighted by Gasteiger charge is -2.21. The molecule has 0 aliphatic heterocycles. The molecule has 25 heavy (non-hydrogen) atoms. The van der Waals surface area contributed by atoms with Gasteiger partial charge in [-0.15, -0.1) is 0 Å². The van der Waals surface area contributed by atoms with E-state index in [1.165, 1.54) is 12.0 Å². The van der Waals surface area contributed by atoms with Gasteiger partial charge in [0.25, 0.3) is 5.91 Å². The molecule has 0 aliphatic carbocycles. The number of nitriles is 1. The molecular weight excluding hydrogens is 384 g/mol. The van der Waals surface area contributed by atoms with Gasteiger partial charge in [0.1, 0.15) is 6.54 Å². The Morgan fingerprint density at radius 2 is 2.00 bits per heavy atom. The number of hydrogen-bond donors (Lipinski definition) is 0. The Kier molecular flexibility index (Phi) is 6.84. The molecule has 0 radical (unpaired) electrons. The summed E-state index contributed by atoms with van der Waals surface area (Å²) in [5, 5.41) is 9.09. The largest absolute Gasteiger partial charge is 0.493 e. The van der Waals surface area contributed by atoms with Crippen molar-refractivity contribution in [2.24, 2.45) is 0 Å². The fourth-order valence-electron chi connectivity index (χ4n) is 2.30. The van der Waals surface area contributed by atoms with E-state index in [2.05, 4.69) is 15.9 Å². The van der Waals surface area contributed by atoms with Crippen molar-refractivity contribution >= 4 is 27.5 Å². The first-order valence-corrected chi connectivity index (χ1v) is 8.65. The van der Waals surface area contributed by atoms with Crippen LogP contribution >= 0.6 is 15.9 Å². The molecule has 0 heterocycles. The van der Waals surface area contributed by atoms with Crippen molar-refractivity contribution in [2.75, 3.05) is 25.2 Å². The second-order valence-corrected chi connectivity index (χ2v) is 6.08. The zero-order valence-corrected chi connectivity index (χ0v) is 15.7. The molecule has 1 amide bonds. The minimum Gasteiger partial charge on any atom is -0.493 e. The van der Waals surface area contributed by atoms with Crippen molar-refractivity contribution in [3.8, 4) is 17.6 Å². The van der Waals surface area contributed by atoms with Crippen LogP contribution in [0.15, 0.2) is 46.9 Å². The van der Waals surface area contributed by atoms with Crippen molar-refractivity contribution in [2.45, 2.75) is 13.3 Å². The van der Waals surface area contributed by atoms with E-state index in [-0.39, 0.29) is 12.5 Å². The third-order valence-corrected chi connectivity index (χ3v) is 4.06. The van der Waals surface area contributed by atoms with Crippen molar-refractivity contribution in [3.63, 3.8) is 0 Å². The molecule has 0 atom stereocenters. The van der Waals surface area contributed by atoms with Gasteiger partial charge in [-0.1, -0.05) is 25.1 Å². The molecule has 0 saturated carbocycles. The summed E-state index contributed by atoms with van der Waals surface area (Å²) in [7, 11) is 1.53. The molecule has 2 aromatic carbocycles. The number of benzene rings is 2. The van der Waals surface area contributed by atoms with Crippen molar-refractivity contribution < 1.29 is 14.3 Å². The Hall–Kier alpha value is -2.52. The normalized spacial score (nSPS) is 10.0. The van der Waals surface area contributed by atoms with Crippen LogP contribution < -0.4 is 14.4 Å². The topological polar surface area (TPSA) is 62.6 Å². The van der Waals surface area contributed by atoms with Gasteiger partial charge in [-0.25, -0.2) is 0 Å². The Balaban J connectivity index is 2.40. The first-order valence-electron chi connectivity index (χ1n) is 7.86. The van der Waals surface area contributed by atoms with Crippen LogP contribution in [-0.4, -0.2) is 26.2 Å². The van der Waals surface area contributed by atoms with E-state index in [1.54, 1.807) is 24.3 Å². The molecule has 0 spiro atoms. The van der Waals surface area contributed by atoms with Crippen LogP contribution in [0.3, 0.4) is 0 Å². The lowest BCUT2D eigenvalue weighted by atomic mass is 10.1. The number of para-hydroxylation sites is 1. The number of methoxy groups -OCH3 is 1. The van der Waals surface area contributed by atoms with E-state index >= 15 is 0 Å². The number of rotatable bonds is 7. The van der Waals surface area contributed by atoms with E-state index in [4.69, 9.17) is 14.7 Å². The molecule has 6 heteroatoms. The van der Waals surface area contributed by atoms with Gasteiger partial charge in [-0.05, 0) is 46.6 Å². The van der Waals surface area contributed by atoms with Gasteiger partial charge in [0, 0.05) is 11.3 Å². The average Bonchev–Trinajstić information content (AvgIpc) is 2.64. The second kappa shape index (κ2) is 9.09. The zero-order valence-electron chi connectivity index (χ0n) is 14.2. The smallest absolute Gasteiger partial charge is 0.259 e. The number of carbonyl (C=O) groups is 1. The summed E-state index contributed by atoms with van der Waals surface area (Å²) in [6.07, 6.45) is 0.861. The van der Waals surface area contributed by atoms with Crippen LogP contribution in [0.25, 0.3) is 0 Å². The molecular formula is C19H19BrN2O3. The Morgan fingerprint density at radius 3 is 2.60 bits per heavy atom. The van der Waals surface area contributed by atoms with Crippen LogP contribution in [0.5, 0.6) is 11.5 Å². The zero-order chi connectivity index (χ0) is 18.2. The van der Waals surface area contributed by atoms with E-state index in [0.717, 1.165) is 6.42 Å². The molecule has 0 aliphatic rings. The Morgan fingerprint density at radius 1 is 1.28 bits per heavy atom. The summed E-state index contributed by atoms with van der Waals surface area (Å²) in [4.78, 5) is 14.4. The predicted octanol–water partition coefficient (Wildman–Crippen LogP) is 4.42. The standard InChI is InChI=1S/C19H19BrN2O3/c1-3-11-25-18-16(20)12-14(13-17(18)24-2)19(23)22(10-9-21)15-7-5-4-6-8-15/h4-8,12-13H,3,10-11H2,1-2H3. The van der Waals surface area contributed by atoms with Crippen molar-refractivity contribution in [1.82, 2.24) is 0 Å². The highest BCUT2D eigenvalue weighted by atomic mass is 79.9. The highest BCUT2D eigenvalue weighted by Gasteiger charge is 2.21. The first-order chi connectivity index (χ1) is 12.1. The van der Waals surface area contributed by atoms with Crippen LogP contribution in [-0.2, 0) is 0 Å². The summed E-state index contributed by atoms with van der Waals surface area (Å²) >= 11 is 3.44. The van der Waals surface area contributed by atoms with Gasteiger partial charge >= 0.3 is 0 Å². The maximum Gasteiger partial charge on any atom is 0.259 e. The number of hydrogen-bond acceptors (Lipinski definition) is 4. The number of amides is 1. The maximum absolute atomic E-state index is 12.9. The summed E-state index contributed by atoms with van der Waals surface area (Å²) in [5.74, 6) is 0.748. The molecule has 0 aromatic heterocycles. The Bertz CT molecular complexity index is 772. The fourth-order valence-corrected chi connectivity index (χ4v) is 2.86. The van der Waals surface area contributed by atoms with Gasteiger partial charge in [0.2, 0.25) is 0 Å². The van der Waals surface area contributed by atoms with Gasteiger partial charge in [-0.3, -0.25) is 9.69 Å². The van der Waals surface area contributed by atoms with Crippen LogP contribution in [0, 0.1) is 11.3 Å². The highest BCUT2D eigenvalue weighted by molar-refractivity contribution is 9.10. The highest BCUT2D eigenvalue weighted by Crippen LogP contribution is 2.37. The molecule has 130 valence electrons. The number of carbonyl (C=O) groups excluding carboxylic acids is 1. The van der Waals surface area contributed by atoms with E-state index in [9.17, 15) is 4.79 Å². The predicted molar refractivity (Wildman–Crippen MR) is 100 cm³/mol. The van der Waals surface area contributed by atoms with E-state index in [0.29, 0.717) is 33.8 Å². The van der Waals surface area contributed by atoms with Crippen LogP contribution in [0.2, 0.25) is 0 Å². The van der Waals surface area contributed by atoms with E-state index in [1.807, 2.05) is 31.2 Å². The van der Waals surface area contributed by atoms with E-state index < -0.39 is 0 Å². The van der Waals surface area contributed by atoms with Gasteiger partial charge in [0.05, 0.1) is 24.3 Å². The average molecular weight is 403 g/mol. The fraction of sp³-hybridized carbons (Fsp3) is 0.263. The number of halogens is 1. The lowest BCUT2D eigenvalue weighted by molar-refractivity contribution is 0.0989. The van der Waals surface area contributed by atoms with Crippen LogP contribution in [0.4, 0.5) is 5.69 Å². The minimum absolute atomic E-state index is 0.0448. The quantitative estimate of drug-likeness (QED) is 0.643. The second-order valence-electron chi connectivity index (χ2n) is 5.22. The van der Waals surface area contributed by atoms with Gasteiger partial charge in [-0.2, -0.15) is 5.26 Å². The lowest BCUT2D eigenvalue weighted by Crippen LogP contribution is -2.31. The summed E-state index contributed by atoms with van der Waals surface area (Å²) in [6, 6.07) is 14.4. The number of nitrogens with zero attached hydrogens (tertiary/aromatic N) is 2. The van der Waals surface area contributed by atoms with Crippen LogP contribution in [0.1, 0.15) is 23.7 Å². The Labute approximate surface area is 155 Å². The number of anilines is 1. The van der Waals surface area contributed by atoms with Gasteiger partial charge in [0.15, 0.2) is 11.5 Å². The van der Waals surface area contributed by atoms with Gasteiger partial charge < -0.3 is 9.47 Å². The van der Waals surface area contributed by atoms with Crippen molar-refractivity contribution in [3.05, 3.63) is 52.5 Å². The number of ether oxygens (including phenoxy) is 2. The summed E-state index contributed by atoms with van der Waals surface area (Å²) in [5.41, 5.74) is 1.07. The molecule has 0 N–H and O–H groups in total. The summed E-state index contributed by atoms with van der Waals surface area (Å²) < 4.78 is 11.7. The first kappa shape index (κ1) is 18.8. The third kappa shape index (κ3) is 4.52. The molecule has 0 bridgehead atoms. The minimum atomic E-state index is -0.284.